The third kappa shape index (κ3) is 3.92. The first-order valence-corrected chi connectivity index (χ1v) is 10.4. The normalized spacial score (nSPS) is 21.5. The summed E-state index contributed by atoms with van der Waals surface area (Å²) in [6.07, 6.45) is 4.93. The maximum Gasteiger partial charge on any atom is 0.243 e. The largest absolute Gasteiger partial charge is 0.490 e. The van der Waals surface area contributed by atoms with E-state index >= 15 is 0 Å². The standard InChI is InChI=1S/C18H28N2O3S/c1-15(2)19-11-13-20(14-12-19)24(21,22)18-9-7-17(8-10-18)23-16-5-3-4-6-16/h7-10,15-16H,3-6,11-14H2,1-2H3. The summed E-state index contributed by atoms with van der Waals surface area (Å²) in [4.78, 5) is 2.67. The van der Waals surface area contributed by atoms with Crippen LogP contribution in [0.2, 0.25) is 0 Å². The Bertz CT molecular complexity index is 629. The van der Waals surface area contributed by atoms with E-state index in [1.165, 1.54) is 12.8 Å². The Morgan fingerprint density at radius 2 is 1.58 bits per heavy atom. The minimum atomic E-state index is -3.40. The Morgan fingerprint density at radius 1 is 1.00 bits per heavy atom. The summed E-state index contributed by atoms with van der Waals surface area (Å²) >= 11 is 0. The van der Waals surface area contributed by atoms with Gasteiger partial charge in [-0.25, -0.2) is 8.42 Å². The van der Waals surface area contributed by atoms with Crippen LogP contribution in [0, 0.1) is 0 Å². The van der Waals surface area contributed by atoms with Gasteiger partial charge in [0.1, 0.15) is 5.75 Å². The van der Waals surface area contributed by atoms with E-state index in [2.05, 4.69) is 18.7 Å². The van der Waals surface area contributed by atoms with Crippen molar-refractivity contribution in [2.75, 3.05) is 26.2 Å². The Morgan fingerprint density at radius 3 is 2.12 bits per heavy atom. The fourth-order valence-electron chi connectivity index (χ4n) is 3.50. The van der Waals surface area contributed by atoms with Gasteiger partial charge in [-0.3, -0.25) is 4.90 Å². The summed E-state index contributed by atoms with van der Waals surface area (Å²) in [5.74, 6) is 0.769. The van der Waals surface area contributed by atoms with Gasteiger partial charge in [0.05, 0.1) is 11.0 Å². The van der Waals surface area contributed by atoms with Crippen molar-refractivity contribution in [2.45, 2.75) is 56.6 Å². The molecule has 0 radical (unpaired) electrons. The van der Waals surface area contributed by atoms with Crippen LogP contribution in [0.15, 0.2) is 29.2 Å². The van der Waals surface area contributed by atoms with Crippen molar-refractivity contribution in [3.05, 3.63) is 24.3 Å². The van der Waals surface area contributed by atoms with Gasteiger partial charge in [-0.1, -0.05) is 0 Å². The molecule has 2 fully saturated rings. The maximum absolute atomic E-state index is 12.8. The molecule has 0 amide bonds. The molecule has 1 aromatic carbocycles. The SMILES string of the molecule is CC(C)N1CCN(S(=O)(=O)c2ccc(OC3CCCC3)cc2)CC1. The van der Waals surface area contributed by atoms with Gasteiger partial charge in [-0.15, -0.1) is 0 Å². The highest BCUT2D eigenvalue weighted by Gasteiger charge is 2.29. The molecule has 1 aromatic rings. The van der Waals surface area contributed by atoms with E-state index < -0.39 is 10.0 Å². The molecule has 0 atom stereocenters. The summed E-state index contributed by atoms with van der Waals surface area (Å²) in [7, 11) is -3.40. The second kappa shape index (κ2) is 7.42. The summed E-state index contributed by atoms with van der Waals surface area (Å²) in [5.41, 5.74) is 0. The van der Waals surface area contributed by atoms with E-state index in [1.54, 1.807) is 28.6 Å². The number of sulfonamides is 1. The van der Waals surface area contributed by atoms with Crippen LogP contribution in [-0.4, -0.2) is 55.9 Å². The van der Waals surface area contributed by atoms with E-state index in [0.29, 0.717) is 24.0 Å². The van der Waals surface area contributed by atoms with Crippen molar-refractivity contribution in [1.82, 2.24) is 9.21 Å². The molecule has 0 bridgehead atoms. The lowest BCUT2D eigenvalue weighted by molar-refractivity contribution is 0.154. The third-order valence-corrected chi connectivity index (χ3v) is 6.98. The Labute approximate surface area is 145 Å². The third-order valence-electron chi connectivity index (χ3n) is 5.07. The predicted octanol–water partition coefficient (Wildman–Crippen LogP) is 2.72. The van der Waals surface area contributed by atoms with Crippen LogP contribution < -0.4 is 4.74 Å². The number of ether oxygens (including phenoxy) is 1. The first-order chi connectivity index (χ1) is 11.5. The fraction of sp³-hybridized carbons (Fsp3) is 0.667. The molecular weight excluding hydrogens is 324 g/mol. The Kier molecular flexibility index (Phi) is 5.47. The van der Waals surface area contributed by atoms with Gasteiger partial charge in [0.25, 0.3) is 0 Å². The van der Waals surface area contributed by atoms with E-state index in [1.807, 2.05) is 0 Å². The lowest BCUT2D eigenvalue weighted by atomic mass is 10.3. The number of benzene rings is 1. The van der Waals surface area contributed by atoms with Crippen LogP contribution in [0.25, 0.3) is 0 Å². The smallest absolute Gasteiger partial charge is 0.243 e. The zero-order valence-electron chi connectivity index (χ0n) is 14.6. The summed E-state index contributed by atoms with van der Waals surface area (Å²) in [6, 6.07) is 7.38. The molecule has 1 heterocycles. The highest BCUT2D eigenvalue weighted by Crippen LogP contribution is 2.26. The number of nitrogens with zero attached hydrogens (tertiary/aromatic N) is 2. The summed E-state index contributed by atoms with van der Waals surface area (Å²) in [6.45, 7) is 6.99. The van der Waals surface area contributed by atoms with Gasteiger partial charge in [-0.2, -0.15) is 4.31 Å². The highest BCUT2D eigenvalue weighted by atomic mass is 32.2. The number of hydrogen-bond donors (Lipinski definition) is 0. The minimum Gasteiger partial charge on any atom is -0.490 e. The van der Waals surface area contributed by atoms with Crippen LogP contribution in [0.1, 0.15) is 39.5 Å². The lowest BCUT2D eigenvalue weighted by Gasteiger charge is -2.36. The van der Waals surface area contributed by atoms with Crippen molar-refractivity contribution in [3.63, 3.8) is 0 Å². The van der Waals surface area contributed by atoms with E-state index in [9.17, 15) is 8.42 Å². The molecule has 0 spiro atoms. The van der Waals surface area contributed by atoms with Crippen LogP contribution in [0.4, 0.5) is 0 Å². The molecule has 3 rings (SSSR count). The Balaban J connectivity index is 1.64. The van der Waals surface area contributed by atoms with Crippen molar-refractivity contribution >= 4 is 10.0 Å². The minimum absolute atomic E-state index is 0.288. The van der Waals surface area contributed by atoms with Gasteiger partial charge >= 0.3 is 0 Å². The maximum atomic E-state index is 12.8. The average molecular weight is 353 g/mol. The molecule has 5 nitrogen and oxygen atoms in total. The van der Waals surface area contributed by atoms with E-state index in [0.717, 1.165) is 31.7 Å². The topological polar surface area (TPSA) is 49.9 Å². The van der Waals surface area contributed by atoms with Crippen molar-refractivity contribution in [2.24, 2.45) is 0 Å². The molecule has 6 heteroatoms. The molecule has 1 aliphatic heterocycles. The predicted molar refractivity (Wildman–Crippen MR) is 94.8 cm³/mol. The fourth-order valence-corrected chi connectivity index (χ4v) is 4.92. The molecule has 1 aliphatic carbocycles. The summed E-state index contributed by atoms with van der Waals surface area (Å²) in [5, 5.41) is 0. The van der Waals surface area contributed by atoms with E-state index in [-0.39, 0.29) is 6.10 Å². The molecule has 0 unspecified atom stereocenters. The molecule has 0 aromatic heterocycles. The summed E-state index contributed by atoms with van der Waals surface area (Å²) < 4.78 is 33.1. The van der Waals surface area contributed by atoms with Crippen molar-refractivity contribution in [1.29, 1.82) is 0 Å². The van der Waals surface area contributed by atoms with Crippen LogP contribution in [-0.2, 0) is 10.0 Å². The van der Waals surface area contributed by atoms with Gasteiger partial charge in [0.15, 0.2) is 0 Å². The van der Waals surface area contributed by atoms with Gasteiger partial charge in [-0.05, 0) is 63.8 Å². The van der Waals surface area contributed by atoms with Crippen molar-refractivity contribution in [3.8, 4) is 5.75 Å². The molecule has 1 saturated heterocycles. The van der Waals surface area contributed by atoms with Crippen molar-refractivity contribution < 1.29 is 13.2 Å². The van der Waals surface area contributed by atoms with Gasteiger partial charge in [0.2, 0.25) is 10.0 Å². The first-order valence-electron chi connectivity index (χ1n) is 8.98. The number of piperazine rings is 1. The van der Waals surface area contributed by atoms with Gasteiger partial charge in [0, 0.05) is 32.2 Å². The highest BCUT2D eigenvalue weighted by molar-refractivity contribution is 7.89. The lowest BCUT2D eigenvalue weighted by Crippen LogP contribution is -2.50. The van der Waals surface area contributed by atoms with Gasteiger partial charge < -0.3 is 4.74 Å². The molecule has 134 valence electrons. The Hall–Kier alpha value is -1.11. The number of rotatable bonds is 5. The van der Waals surface area contributed by atoms with Crippen LogP contribution in [0.3, 0.4) is 0 Å². The quantitative estimate of drug-likeness (QED) is 0.818. The molecular formula is C18H28N2O3S. The van der Waals surface area contributed by atoms with Crippen LogP contribution >= 0.6 is 0 Å². The second-order valence-electron chi connectivity index (χ2n) is 7.03. The average Bonchev–Trinajstić information content (AvgIpc) is 3.08. The van der Waals surface area contributed by atoms with Crippen LogP contribution in [0.5, 0.6) is 5.75 Å². The second-order valence-corrected chi connectivity index (χ2v) is 8.97. The molecule has 1 saturated carbocycles. The zero-order valence-corrected chi connectivity index (χ0v) is 15.5. The molecule has 0 N–H and O–H groups in total. The van der Waals surface area contributed by atoms with E-state index in [4.69, 9.17) is 4.74 Å². The number of hydrogen-bond acceptors (Lipinski definition) is 4. The first kappa shape index (κ1) is 17.7. The molecule has 24 heavy (non-hydrogen) atoms. The monoisotopic (exact) mass is 352 g/mol. The zero-order chi connectivity index (χ0) is 17.2. The molecule has 2 aliphatic rings.